The van der Waals surface area contributed by atoms with Crippen LogP contribution >= 0.6 is 0 Å². The van der Waals surface area contributed by atoms with Crippen LogP contribution in [0.1, 0.15) is 6.92 Å². The van der Waals surface area contributed by atoms with Crippen molar-refractivity contribution in [2.75, 3.05) is 0 Å². The molecule has 0 aromatic rings. The zero-order valence-electron chi connectivity index (χ0n) is 6.37. The summed E-state index contributed by atoms with van der Waals surface area (Å²) < 4.78 is 0. The van der Waals surface area contributed by atoms with Gasteiger partial charge in [-0.3, -0.25) is 15.5 Å². The van der Waals surface area contributed by atoms with Crippen molar-refractivity contribution in [3.63, 3.8) is 0 Å². The van der Waals surface area contributed by atoms with Gasteiger partial charge in [0.05, 0.1) is 5.70 Å². The van der Waals surface area contributed by atoms with Gasteiger partial charge in [0.2, 0.25) is 0 Å². The van der Waals surface area contributed by atoms with E-state index >= 15 is 0 Å². The molecule has 0 aliphatic carbocycles. The Morgan fingerprint density at radius 1 is 1.64 bits per heavy atom. The first-order valence-corrected chi connectivity index (χ1v) is 3.11. The molecule has 3 heteroatoms. The standard InChI is InChI=1S/C8H11NO2/c1-3-8(9-11)7(2)5-4-6-10/h3-6,9,11H,1H2,2H3. The van der Waals surface area contributed by atoms with E-state index in [0.717, 1.165) is 5.57 Å². The predicted octanol–water partition coefficient (Wildman–Crippen LogP) is 1.18. The first-order chi connectivity index (χ1) is 5.26. The summed E-state index contributed by atoms with van der Waals surface area (Å²) in [4.78, 5) is 9.89. The highest BCUT2D eigenvalue weighted by Crippen LogP contribution is 2.01. The Balaban J connectivity index is 4.46. The molecule has 0 aliphatic rings. The molecule has 0 aliphatic heterocycles. The molecule has 0 amide bonds. The average Bonchev–Trinajstić information content (AvgIpc) is 2.03. The Hall–Kier alpha value is -1.35. The average molecular weight is 153 g/mol. The highest BCUT2D eigenvalue weighted by molar-refractivity contribution is 5.65. The summed E-state index contributed by atoms with van der Waals surface area (Å²) in [5.74, 6) is 0. The fourth-order valence-electron chi connectivity index (χ4n) is 0.568. The van der Waals surface area contributed by atoms with Gasteiger partial charge in [-0.1, -0.05) is 12.7 Å². The van der Waals surface area contributed by atoms with Crippen molar-refractivity contribution in [3.8, 4) is 0 Å². The van der Waals surface area contributed by atoms with Crippen LogP contribution in [0.4, 0.5) is 0 Å². The van der Waals surface area contributed by atoms with E-state index in [9.17, 15) is 4.79 Å². The van der Waals surface area contributed by atoms with Crippen LogP contribution in [0.15, 0.2) is 36.1 Å². The molecule has 0 saturated heterocycles. The monoisotopic (exact) mass is 153 g/mol. The van der Waals surface area contributed by atoms with Crippen molar-refractivity contribution in [2.45, 2.75) is 6.92 Å². The third-order valence-electron chi connectivity index (χ3n) is 1.17. The van der Waals surface area contributed by atoms with Crippen LogP contribution in [0.5, 0.6) is 0 Å². The number of carbonyl (C=O) groups excluding carboxylic acids is 1. The van der Waals surface area contributed by atoms with E-state index in [1.54, 1.807) is 13.0 Å². The van der Waals surface area contributed by atoms with E-state index in [0.29, 0.717) is 12.0 Å². The van der Waals surface area contributed by atoms with Gasteiger partial charge >= 0.3 is 0 Å². The summed E-state index contributed by atoms with van der Waals surface area (Å²) in [6.45, 7) is 5.21. The maximum absolute atomic E-state index is 9.89. The SMILES string of the molecule is C=CC(NO)=C(C)C=CC=O. The third-order valence-corrected chi connectivity index (χ3v) is 1.17. The molecular weight excluding hydrogens is 142 g/mol. The molecular formula is C8H11NO2. The molecule has 0 bridgehead atoms. The molecule has 0 aromatic carbocycles. The molecule has 0 rings (SSSR count). The molecule has 3 nitrogen and oxygen atoms in total. The third kappa shape index (κ3) is 3.37. The molecule has 0 heterocycles. The van der Waals surface area contributed by atoms with E-state index in [2.05, 4.69) is 6.58 Å². The van der Waals surface area contributed by atoms with Gasteiger partial charge in [0.15, 0.2) is 0 Å². The lowest BCUT2D eigenvalue weighted by Gasteiger charge is -2.00. The van der Waals surface area contributed by atoms with Crippen LogP contribution in [-0.2, 0) is 4.79 Å². The molecule has 60 valence electrons. The van der Waals surface area contributed by atoms with E-state index in [-0.39, 0.29) is 0 Å². The molecule has 0 unspecified atom stereocenters. The maximum Gasteiger partial charge on any atom is 0.142 e. The molecule has 0 saturated carbocycles. The Morgan fingerprint density at radius 2 is 2.27 bits per heavy atom. The molecule has 0 atom stereocenters. The van der Waals surface area contributed by atoms with E-state index in [1.807, 2.05) is 5.48 Å². The summed E-state index contributed by atoms with van der Waals surface area (Å²) in [5, 5.41) is 8.49. The summed E-state index contributed by atoms with van der Waals surface area (Å²) in [7, 11) is 0. The van der Waals surface area contributed by atoms with Gasteiger partial charge in [-0.2, -0.15) is 0 Å². The lowest BCUT2D eigenvalue weighted by Crippen LogP contribution is -2.05. The van der Waals surface area contributed by atoms with Crippen molar-refractivity contribution in [1.29, 1.82) is 0 Å². The zero-order chi connectivity index (χ0) is 8.69. The van der Waals surface area contributed by atoms with Crippen LogP contribution in [0.2, 0.25) is 0 Å². The second-order valence-corrected chi connectivity index (χ2v) is 1.91. The topological polar surface area (TPSA) is 49.3 Å². The number of hydrogen-bond acceptors (Lipinski definition) is 3. The first-order valence-electron chi connectivity index (χ1n) is 3.11. The van der Waals surface area contributed by atoms with Gasteiger partial charge in [-0.25, -0.2) is 0 Å². The number of hydrogen-bond donors (Lipinski definition) is 2. The Morgan fingerprint density at radius 3 is 2.64 bits per heavy atom. The Bertz CT molecular complexity index is 204. The van der Waals surface area contributed by atoms with Gasteiger partial charge < -0.3 is 0 Å². The largest absolute Gasteiger partial charge is 0.299 e. The van der Waals surface area contributed by atoms with Crippen molar-refractivity contribution in [3.05, 3.63) is 36.1 Å². The maximum atomic E-state index is 9.89. The minimum Gasteiger partial charge on any atom is -0.299 e. The fourth-order valence-corrected chi connectivity index (χ4v) is 0.568. The summed E-state index contributed by atoms with van der Waals surface area (Å²) in [5.41, 5.74) is 3.19. The summed E-state index contributed by atoms with van der Waals surface area (Å²) in [6, 6.07) is 0. The molecule has 0 radical (unpaired) electrons. The highest BCUT2D eigenvalue weighted by Gasteiger charge is 1.90. The molecule has 11 heavy (non-hydrogen) atoms. The number of nitrogens with one attached hydrogen (secondary N) is 1. The van der Waals surface area contributed by atoms with Crippen LogP contribution in [0.25, 0.3) is 0 Å². The quantitative estimate of drug-likeness (QED) is 0.276. The van der Waals surface area contributed by atoms with Gasteiger partial charge in [0, 0.05) is 0 Å². The molecule has 0 fully saturated rings. The van der Waals surface area contributed by atoms with Gasteiger partial charge in [0.1, 0.15) is 6.29 Å². The summed E-state index contributed by atoms with van der Waals surface area (Å²) >= 11 is 0. The highest BCUT2D eigenvalue weighted by atomic mass is 16.5. The zero-order valence-corrected chi connectivity index (χ0v) is 6.37. The summed E-state index contributed by atoms with van der Waals surface area (Å²) in [6.07, 6.45) is 5.05. The number of hydroxylamine groups is 1. The van der Waals surface area contributed by atoms with Crippen LogP contribution in [-0.4, -0.2) is 11.5 Å². The van der Waals surface area contributed by atoms with Crippen LogP contribution in [0, 0.1) is 0 Å². The number of aldehydes is 1. The second-order valence-electron chi connectivity index (χ2n) is 1.91. The van der Waals surface area contributed by atoms with Crippen molar-refractivity contribution in [2.24, 2.45) is 0 Å². The van der Waals surface area contributed by atoms with Gasteiger partial charge in [-0.05, 0) is 24.6 Å². The number of rotatable bonds is 4. The fraction of sp³-hybridized carbons (Fsp3) is 0.125. The van der Waals surface area contributed by atoms with Crippen molar-refractivity contribution >= 4 is 6.29 Å². The Kier molecular flexibility index (Phi) is 4.77. The van der Waals surface area contributed by atoms with Crippen molar-refractivity contribution < 1.29 is 10.0 Å². The first kappa shape index (κ1) is 9.65. The number of allylic oxidation sites excluding steroid dienone is 4. The Labute approximate surface area is 65.7 Å². The lowest BCUT2D eigenvalue weighted by molar-refractivity contribution is -0.104. The minimum absolute atomic E-state index is 0.489. The van der Waals surface area contributed by atoms with E-state index < -0.39 is 0 Å². The van der Waals surface area contributed by atoms with Gasteiger partial charge in [0.25, 0.3) is 0 Å². The van der Waals surface area contributed by atoms with Crippen molar-refractivity contribution in [1.82, 2.24) is 5.48 Å². The normalized spacial score (nSPS) is 12.5. The van der Waals surface area contributed by atoms with E-state index in [4.69, 9.17) is 5.21 Å². The van der Waals surface area contributed by atoms with Crippen LogP contribution < -0.4 is 5.48 Å². The molecule has 0 spiro atoms. The van der Waals surface area contributed by atoms with E-state index in [1.165, 1.54) is 12.2 Å². The lowest BCUT2D eigenvalue weighted by atomic mass is 10.2. The molecule has 0 aromatic heterocycles. The van der Waals surface area contributed by atoms with Crippen LogP contribution in [0.3, 0.4) is 0 Å². The predicted molar refractivity (Wildman–Crippen MR) is 43.0 cm³/mol. The molecule has 2 N–H and O–H groups in total. The van der Waals surface area contributed by atoms with Gasteiger partial charge in [-0.15, -0.1) is 0 Å². The smallest absolute Gasteiger partial charge is 0.142 e. The minimum atomic E-state index is 0.489. The number of carbonyl (C=O) groups is 1. The second kappa shape index (κ2) is 5.44.